The smallest absolute Gasteiger partial charge is 0.373 e. The Morgan fingerprint density at radius 2 is 1.97 bits per heavy atom. The molecule has 0 unspecified atom stereocenters. The Hall–Kier alpha value is -3.19. The minimum absolute atomic E-state index is 0.0406. The number of aromatic nitrogens is 2. The number of carbonyl (C=O) groups is 1. The van der Waals surface area contributed by atoms with E-state index >= 15 is 0 Å². The van der Waals surface area contributed by atoms with Gasteiger partial charge in [-0.25, -0.2) is 9.78 Å². The molecule has 0 N–H and O–H groups in total. The van der Waals surface area contributed by atoms with Crippen LogP contribution in [0.15, 0.2) is 44.9 Å². The third kappa shape index (κ3) is 3.81. The highest BCUT2D eigenvalue weighted by Gasteiger charge is 2.21. The Labute approximate surface area is 184 Å². The Morgan fingerprint density at radius 1 is 1.19 bits per heavy atom. The number of methoxy groups -OCH3 is 1. The second-order valence-electron chi connectivity index (χ2n) is 7.92. The normalized spacial score (nSPS) is 11.4. The van der Waals surface area contributed by atoms with Crippen LogP contribution in [-0.2, 0) is 11.3 Å². The second-order valence-corrected chi connectivity index (χ2v) is 8.78. The number of esters is 1. The van der Waals surface area contributed by atoms with Crippen molar-refractivity contribution in [1.29, 1.82) is 0 Å². The molecule has 4 rings (SSSR count). The minimum atomic E-state index is -0.550. The number of thiophene rings is 1. The van der Waals surface area contributed by atoms with Crippen LogP contribution in [0.4, 0.5) is 0 Å². The number of furan rings is 1. The van der Waals surface area contributed by atoms with Gasteiger partial charge >= 0.3 is 5.97 Å². The van der Waals surface area contributed by atoms with E-state index in [2.05, 4.69) is 32.0 Å². The zero-order valence-corrected chi connectivity index (χ0v) is 19.0. The lowest BCUT2D eigenvalue weighted by Crippen LogP contribution is -2.26. The van der Waals surface area contributed by atoms with Crippen LogP contribution in [0.2, 0.25) is 0 Å². The second kappa shape index (κ2) is 8.15. The Morgan fingerprint density at radius 3 is 2.65 bits per heavy atom. The average Bonchev–Trinajstić information content (AvgIpc) is 3.36. The molecule has 160 valence electrons. The van der Waals surface area contributed by atoms with Gasteiger partial charge < -0.3 is 9.15 Å². The van der Waals surface area contributed by atoms with E-state index < -0.39 is 5.97 Å². The van der Waals surface area contributed by atoms with Gasteiger partial charge in [-0.3, -0.25) is 9.36 Å². The number of benzene rings is 1. The summed E-state index contributed by atoms with van der Waals surface area (Å²) in [4.78, 5) is 31.0. The van der Waals surface area contributed by atoms with Crippen LogP contribution in [0.5, 0.6) is 0 Å². The number of hydrogen-bond acceptors (Lipinski definition) is 6. The van der Waals surface area contributed by atoms with Crippen molar-refractivity contribution in [1.82, 2.24) is 9.55 Å². The molecule has 1 aromatic carbocycles. The molecule has 0 atom stereocenters. The number of hydrogen-bond donors (Lipinski definition) is 0. The van der Waals surface area contributed by atoms with Crippen molar-refractivity contribution in [2.45, 2.75) is 40.2 Å². The first kappa shape index (κ1) is 21.1. The molecule has 3 heterocycles. The molecule has 0 amide bonds. The van der Waals surface area contributed by atoms with Crippen molar-refractivity contribution >= 4 is 27.5 Å². The van der Waals surface area contributed by atoms with Gasteiger partial charge in [-0.15, -0.1) is 11.3 Å². The molecule has 0 saturated carbocycles. The summed E-state index contributed by atoms with van der Waals surface area (Å²) in [5.74, 6) is 0.776. The molecule has 0 aliphatic heterocycles. The lowest BCUT2D eigenvalue weighted by Gasteiger charge is -2.14. The Balaban J connectivity index is 1.88. The lowest BCUT2D eigenvalue weighted by atomic mass is 9.99. The van der Waals surface area contributed by atoms with Crippen LogP contribution < -0.4 is 5.56 Å². The van der Waals surface area contributed by atoms with Crippen molar-refractivity contribution in [2.75, 3.05) is 7.11 Å². The van der Waals surface area contributed by atoms with Gasteiger partial charge in [0.15, 0.2) is 0 Å². The summed E-state index contributed by atoms with van der Waals surface area (Å²) in [6.45, 7) is 8.30. The predicted molar refractivity (Wildman–Crippen MR) is 122 cm³/mol. The molecule has 0 aliphatic rings. The van der Waals surface area contributed by atoms with E-state index in [4.69, 9.17) is 14.1 Å². The summed E-state index contributed by atoms with van der Waals surface area (Å²) in [6, 6.07) is 9.47. The van der Waals surface area contributed by atoms with Crippen molar-refractivity contribution < 1.29 is 13.9 Å². The molecule has 6 nitrogen and oxygen atoms in total. The molecule has 0 saturated heterocycles. The van der Waals surface area contributed by atoms with Crippen molar-refractivity contribution in [3.8, 4) is 11.1 Å². The summed E-state index contributed by atoms with van der Waals surface area (Å²) in [5, 5.41) is 2.62. The van der Waals surface area contributed by atoms with E-state index in [-0.39, 0.29) is 23.8 Å². The SMILES string of the molecule is COC(=O)c1ccc(Cn2c(C(C)C)nc3scc(-c4ccc(C)cc4C)c3c2=O)o1. The van der Waals surface area contributed by atoms with Gasteiger partial charge in [0.25, 0.3) is 5.56 Å². The standard InChI is InChI=1S/C24H24N2O4S/c1-13(2)21-25-22-20(18(12-31-22)17-8-6-14(3)10-15(17)4)23(27)26(21)11-16-7-9-19(30-16)24(28)29-5/h6-10,12-13H,11H2,1-5H3. The molecular formula is C24H24N2O4S. The molecule has 31 heavy (non-hydrogen) atoms. The fourth-order valence-corrected chi connectivity index (χ4v) is 4.71. The Kier molecular flexibility index (Phi) is 5.54. The van der Waals surface area contributed by atoms with Crippen molar-refractivity contribution in [3.63, 3.8) is 0 Å². The highest BCUT2D eigenvalue weighted by Crippen LogP contribution is 2.34. The molecule has 0 aliphatic carbocycles. The summed E-state index contributed by atoms with van der Waals surface area (Å²) in [7, 11) is 1.30. The van der Waals surface area contributed by atoms with E-state index in [1.807, 2.05) is 19.2 Å². The molecule has 3 aromatic heterocycles. The van der Waals surface area contributed by atoms with Gasteiger partial charge in [-0.05, 0) is 37.1 Å². The van der Waals surface area contributed by atoms with Gasteiger partial charge in [-0.2, -0.15) is 0 Å². The van der Waals surface area contributed by atoms with Gasteiger partial charge in [0.1, 0.15) is 16.4 Å². The third-order valence-electron chi connectivity index (χ3n) is 5.27. The van der Waals surface area contributed by atoms with Gasteiger partial charge in [0.2, 0.25) is 5.76 Å². The van der Waals surface area contributed by atoms with E-state index in [0.29, 0.717) is 17.0 Å². The van der Waals surface area contributed by atoms with Gasteiger partial charge in [0.05, 0.1) is 19.0 Å². The highest BCUT2D eigenvalue weighted by atomic mass is 32.1. The topological polar surface area (TPSA) is 74.3 Å². The number of ether oxygens (including phenoxy) is 1. The first-order chi connectivity index (χ1) is 14.8. The van der Waals surface area contributed by atoms with Crippen molar-refractivity contribution in [3.05, 3.63) is 74.5 Å². The molecular weight excluding hydrogens is 412 g/mol. The monoisotopic (exact) mass is 436 g/mol. The fourth-order valence-electron chi connectivity index (χ4n) is 3.78. The zero-order valence-electron chi connectivity index (χ0n) is 18.2. The number of fused-ring (bicyclic) bond motifs is 1. The van der Waals surface area contributed by atoms with Crippen LogP contribution in [-0.4, -0.2) is 22.6 Å². The van der Waals surface area contributed by atoms with E-state index in [9.17, 15) is 9.59 Å². The summed E-state index contributed by atoms with van der Waals surface area (Å²) >= 11 is 1.48. The Bertz CT molecular complexity index is 1340. The van der Waals surface area contributed by atoms with Crippen LogP contribution in [0, 0.1) is 13.8 Å². The third-order valence-corrected chi connectivity index (χ3v) is 6.15. The summed E-state index contributed by atoms with van der Waals surface area (Å²) < 4.78 is 12.0. The molecule has 0 radical (unpaired) electrons. The largest absolute Gasteiger partial charge is 0.463 e. The van der Waals surface area contributed by atoms with Crippen LogP contribution >= 0.6 is 11.3 Å². The van der Waals surface area contributed by atoms with E-state index in [0.717, 1.165) is 21.5 Å². The van der Waals surface area contributed by atoms with Gasteiger partial charge in [-0.1, -0.05) is 37.6 Å². The molecule has 4 aromatic rings. The highest BCUT2D eigenvalue weighted by molar-refractivity contribution is 7.17. The number of aryl methyl sites for hydroxylation is 2. The molecule has 0 spiro atoms. The van der Waals surface area contributed by atoms with Gasteiger partial charge in [0, 0.05) is 16.9 Å². The lowest BCUT2D eigenvalue weighted by molar-refractivity contribution is 0.0563. The minimum Gasteiger partial charge on any atom is -0.463 e. The number of nitrogens with zero attached hydrogens (tertiary/aromatic N) is 2. The zero-order chi connectivity index (χ0) is 22.3. The average molecular weight is 437 g/mol. The maximum absolute atomic E-state index is 13.7. The van der Waals surface area contributed by atoms with Crippen molar-refractivity contribution in [2.24, 2.45) is 0 Å². The first-order valence-electron chi connectivity index (χ1n) is 10.1. The number of carbonyl (C=O) groups excluding carboxylic acids is 1. The predicted octanol–water partition coefficient (Wildman–Crippen LogP) is 5.29. The molecule has 7 heteroatoms. The summed E-state index contributed by atoms with van der Waals surface area (Å²) in [5.41, 5.74) is 4.12. The summed E-state index contributed by atoms with van der Waals surface area (Å²) in [6.07, 6.45) is 0. The van der Waals surface area contributed by atoms with Crippen LogP contribution in [0.3, 0.4) is 0 Å². The number of rotatable bonds is 5. The van der Waals surface area contributed by atoms with Crippen LogP contribution in [0.25, 0.3) is 21.3 Å². The fraction of sp³-hybridized carbons (Fsp3) is 0.292. The van der Waals surface area contributed by atoms with E-state index in [1.54, 1.807) is 16.7 Å². The molecule has 0 bridgehead atoms. The maximum Gasteiger partial charge on any atom is 0.373 e. The molecule has 0 fully saturated rings. The first-order valence-corrected chi connectivity index (χ1v) is 10.9. The maximum atomic E-state index is 13.7. The quantitative estimate of drug-likeness (QED) is 0.397. The van der Waals surface area contributed by atoms with Crippen LogP contribution in [0.1, 0.15) is 53.0 Å². The van der Waals surface area contributed by atoms with E-state index in [1.165, 1.54) is 24.0 Å².